The summed E-state index contributed by atoms with van der Waals surface area (Å²) < 4.78 is 56.8. The van der Waals surface area contributed by atoms with Gasteiger partial charge in [-0.15, -0.1) is 0 Å². The molecule has 0 atom stereocenters. The summed E-state index contributed by atoms with van der Waals surface area (Å²) >= 11 is 0. The standard InChI is InChI=1S/C24H16Cl2O6S2/c25-33(27,28)23-13-9-21(10-14-23)31-19-5-1-17(2-6-19)18-3-7-20(8-4-18)32-22-11-15-24(16-12-22)34(26,29)30/h1-16H. The van der Waals surface area contributed by atoms with Crippen molar-refractivity contribution in [2.75, 3.05) is 0 Å². The lowest BCUT2D eigenvalue weighted by Gasteiger charge is -2.09. The van der Waals surface area contributed by atoms with Gasteiger partial charge >= 0.3 is 0 Å². The van der Waals surface area contributed by atoms with Gasteiger partial charge in [-0.3, -0.25) is 0 Å². The summed E-state index contributed by atoms with van der Waals surface area (Å²) in [4.78, 5) is 0.00835. The van der Waals surface area contributed by atoms with Crippen molar-refractivity contribution in [2.45, 2.75) is 9.79 Å². The van der Waals surface area contributed by atoms with E-state index in [2.05, 4.69) is 0 Å². The zero-order valence-electron chi connectivity index (χ0n) is 17.3. The Morgan fingerprint density at radius 1 is 0.412 bits per heavy atom. The van der Waals surface area contributed by atoms with Crippen LogP contribution in [0.3, 0.4) is 0 Å². The molecule has 0 heterocycles. The van der Waals surface area contributed by atoms with Crippen molar-refractivity contribution in [1.82, 2.24) is 0 Å². The van der Waals surface area contributed by atoms with E-state index in [-0.39, 0.29) is 9.79 Å². The van der Waals surface area contributed by atoms with Gasteiger partial charge < -0.3 is 9.47 Å². The second-order valence-corrected chi connectivity index (χ2v) is 12.2. The van der Waals surface area contributed by atoms with Gasteiger partial charge in [-0.1, -0.05) is 24.3 Å². The van der Waals surface area contributed by atoms with E-state index in [4.69, 9.17) is 30.8 Å². The van der Waals surface area contributed by atoms with Crippen molar-refractivity contribution in [1.29, 1.82) is 0 Å². The van der Waals surface area contributed by atoms with Gasteiger partial charge in [-0.05, 0) is 83.9 Å². The fraction of sp³-hybridized carbons (Fsp3) is 0. The maximum Gasteiger partial charge on any atom is 0.261 e. The molecule has 4 aromatic rings. The van der Waals surface area contributed by atoms with Crippen LogP contribution in [-0.2, 0) is 18.1 Å². The molecule has 0 aliphatic rings. The first kappa shape index (κ1) is 24.1. The van der Waals surface area contributed by atoms with E-state index < -0.39 is 18.1 Å². The molecule has 6 nitrogen and oxygen atoms in total. The van der Waals surface area contributed by atoms with E-state index in [9.17, 15) is 16.8 Å². The van der Waals surface area contributed by atoms with Crippen LogP contribution in [0, 0.1) is 0 Å². The molecular weight excluding hydrogens is 519 g/mol. The maximum atomic E-state index is 11.3. The Morgan fingerprint density at radius 3 is 0.882 bits per heavy atom. The smallest absolute Gasteiger partial charge is 0.261 e. The van der Waals surface area contributed by atoms with Crippen molar-refractivity contribution < 1.29 is 26.3 Å². The monoisotopic (exact) mass is 534 g/mol. The van der Waals surface area contributed by atoms with Crippen LogP contribution >= 0.6 is 21.4 Å². The summed E-state index contributed by atoms with van der Waals surface area (Å²) in [5, 5.41) is 0. The van der Waals surface area contributed by atoms with Gasteiger partial charge in [0.2, 0.25) is 0 Å². The minimum Gasteiger partial charge on any atom is -0.457 e. The first-order valence-corrected chi connectivity index (χ1v) is 14.4. The van der Waals surface area contributed by atoms with Gasteiger partial charge in [0, 0.05) is 21.4 Å². The highest BCUT2D eigenvalue weighted by Gasteiger charge is 2.11. The van der Waals surface area contributed by atoms with E-state index in [0.717, 1.165) is 11.1 Å². The third-order valence-electron chi connectivity index (χ3n) is 4.72. The molecule has 0 bridgehead atoms. The molecule has 0 radical (unpaired) electrons. The molecule has 10 heteroatoms. The molecule has 34 heavy (non-hydrogen) atoms. The zero-order valence-corrected chi connectivity index (χ0v) is 20.4. The molecule has 0 N–H and O–H groups in total. The van der Waals surface area contributed by atoms with Crippen molar-refractivity contribution in [3.8, 4) is 34.1 Å². The average Bonchev–Trinajstić information content (AvgIpc) is 2.80. The Labute approximate surface area is 206 Å². The van der Waals surface area contributed by atoms with E-state index in [0.29, 0.717) is 23.0 Å². The number of benzene rings is 4. The first-order chi connectivity index (χ1) is 16.1. The fourth-order valence-electron chi connectivity index (χ4n) is 3.04. The van der Waals surface area contributed by atoms with E-state index in [1.807, 2.05) is 24.3 Å². The summed E-state index contributed by atoms with van der Waals surface area (Å²) in [6.45, 7) is 0. The Bertz CT molecular complexity index is 1380. The van der Waals surface area contributed by atoms with Gasteiger partial charge in [-0.25, -0.2) is 16.8 Å². The van der Waals surface area contributed by atoms with Crippen LogP contribution in [0.4, 0.5) is 0 Å². The minimum atomic E-state index is -3.78. The van der Waals surface area contributed by atoms with Crippen molar-refractivity contribution in [2.24, 2.45) is 0 Å². The SMILES string of the molecule is O=S(=O)(Cl)c1ccc(Oc2ccc(-c3ccc(Oc4ccc(S(=O)(=O)Cl)cc4)cc3)cc2)cc1. The average molecular weight is 535 g/mol. The molecule has 0 unspecified atom stereocenters. The minimum absolute atomic E-state index is 0.00418. The van der Waals surface area contributed by atoms with Crippen LogP contribution in [0.15, 0.2) is 107 Å². The lowest BCUT2D eigenvalue weighted by molar-refractivity contribution is 0.481. The predicted octanol–water partition coefficient (Wildman–Crippen LogP) is 6.79. The van der Waals surface area contributed by atoms with Gasteiger partial charge in [0.15, 0.2) is 0 Å². The lowest BCUT2D eigenvalue weighted by atomic mass is 10.1. The highest BCUT2D eigenvalue weighted by atomic mass is 35.7. The third-order valence-corrected chi connectivity index (χ3v) is 7.46. The van der Waals surface area contributed by atoms with Gasteiger partial charge in [0.25, 0.3) is 18.1 Å². The second kappa shape index (κ2) is 9.68. The molecule has 174 valence electrons. The Kier molecular flexibility index (Phi) is 6.86. The van der Waals surface area contributed by atoms with E-state index in [1.54, 1.807) is 24.3 Å². The Balaban J connectivity index is 1.41. The summed E-state index contributed by atoms with van der Waals surface area (Å²) in [5.41, 5.74) is 1.92. The van der Waals surface area contributed by atoms with Crippen LogP contribution in [0.1, 0.15) is 0 Å². The van der Waals surface area contributed by atoms with Crippen molar-refractivity contribution >= 4 is 39.5 Å². The van der Waals surface area contributed by atoms with Gasteiger partial charge in [0.1, 0.15) is 23.0 Å². The first-order valence-electron chi connectivity index (χ1n) is 9.74. The molecular formula is C24H16Cl2O6S2. The normalized spacial score (nSPS) is 11.7. The molecule has 0 saturated carbocycles. The largest absolute Gasteiger partial charge is 0.457 e. The highest BCUT2D eigenvalue weighted by molar-refractivity contribution is 8.14. The van der Waals surface area contributed by atoms with E-state index in [1.165, 1.54) is 48.5 Å². The molecule has 0 saturated heterocycles. The Hall–Kier alpha value is -3.04. The molecule has 4 rings (SSSR count). The molecule has 0 amide bonds. The Morgan fingerprint density at radius 2 is 0.647 bits per heavy atom. The van der Waals surface area contributed by atoms with Crippen LogP contribution < -0.4 is 9.47 Å². The lowest BCUT2D eigenvalue weighted by Crippen LogP contribution is -1.91. The quantitative estimate of drug-likeness (QED) is 0.242. The highest BCUT2D eigenvalue weighted by Crippen LogP contribution is 2.30. The topological polar surface area (TPSA) is 86.7 Å². The van der Waals surface area contributed by atoms with Crippen LogP contribution in [0.2, 0.25) is 0 Å². The van der Waals surface area contributed by atoms with Crippen molar-refractivity contribution in [3.63, 3.8) is 0 Å². The number of hydrogen-bond donors (Lipinski definition) is 0. The summed E-state index contributed by atoms with van der Waals surface area (Å²) in [6, 6.07) is 26.4. The predicted molar refractivity (Wildman–Crippen MR) is 131 cm³/mol. The molecule has 0 fully saturated rings. The number of hydrogen-bond acceptors (Lipinski definition) is 6. The van der Waals surface area contributed by atoms with Gasteiger partial charge in [-0.2, -0.15) is 0 Å². The molecule has 0 aromatic heterocycles. The summed E-state index contributed by atoms with van der Waals surface area (Å²) in [5.74, 6) is 2.14. The van der Waals surface area contributed by atoms with Crippen LogP contribution in [0.5, 0.6) is 23.0 Å². The third kappa shape index (κ3) is 6.09. The van der Waals surface area contributed by atoms with Crippen LogP contribution in [-0.4, -0.2) is 16.8 Å². The summed E-state index contributed by atoms with van der Waals surface area (Å²) in [7, 11) is 3.08. The molecule has 0 aliphatic carbocycles. The number of rotatable bonds is 7. The number of halogens is 2. The molecule has 4 aromatic carbocycles. The van der Waals surface area contributed by atoms with E-state index >= 15 is 0 Å². The van der Waals surface area contributed by atoms with Gasteiger partial charge in [0.05, 0.1) is 9.79 Å². The summed E-state index contributed by atoms with van der Waals surface area (Å²) in [6.07, 6.45) is 0. The molecule has 0 aliphatic heterocycles. The maximum absolute atomic E-state index is 11.3. The molecule has 0 spiro atoms. The van der Waals surface area contributed by atoms with Crippen LogP contribution in [0.25, 0.3) is 11.1 Å². The number of ether oxygens (including phenoxy) is 2. The second-order valence-electron chi connectivity index (χ2n) is 7.07. The van der Waals surface area contributed by atoms with Crippen molar-refractivity contribution in [3.05, 3.63) is 97.1 Å². The fourth-order valence-corrected chi connectivity index (χ4v) is 4.58. The zero-order chi connectivity index (χ0) is 24.3.